The minimum atomic E-state index is -4.31. The lowest BCUT2D eigenvalue weighted by Gasteiger charge is -2.26. The standard InChI is InChI=1S/C17H21F3N2O2/c18-17(19,20)9-13-3-1-2-4-15(13)21-16(23)22(14-5-6-14)10-12-7-8-24-11-12/h1-4,12,14H,5-11H2,(H,21,23). The van der Waals surface area contributed by atoms with Crippen LogP contribution in [0.1, 0.15) is 24.8 Å². The molecule has 24 heavy (non-hydrogen) atoms. The molecule has 1 atom stereocenters. The zero-order valence-corrected chi connectivity index (χ0v) is 13.3. The van der Waals surface area contributed by atoms with Crippen LogP contribution in [0.5, 0.6) is 0 Å². The highest BCUT2D eigenvalue weighted by molar-refractivity contribution is 5.90. The van der Waals surface area contributed by atoms with Crippen molar-refractivity contribution in [3.63, 3.8) is 0 Å². The Bertz CT molecular complexity index is 581. The summed E-state index contributed by atoms with van der Waals surface area (Å²) >= 11 is 0. The highest BCUT2D eigenvalue weighted by Gasteiger charge is 2.35. The van der Waals surface area contributed by atoms with Crippen LogP contribution in [0.25, 0.3) is 0 Å². The highest BCUT2D eigenvalue weighted by Crippen LogP contribution is 2.31. The quantitative estimate of drug-likeness (QED) is 0.884. The van der Waals surface area contributed by atoms with Crippen LogP contribution in [0.15, 0.2) is 24.3 Å². The molecule has 4 nitrogen and oxygen atoms in total. The van der Waals surface area contributed by atoms with Crippen molar-refractivity contribution in [3.05, 3.63) is 29.8 Å². The Morgan fingerprint density at radius 3 is 2.62 bits per heavy atom. The molecule has 3 rings (SSSR count). The Balaban J connectivity index is 1.68. The van der Waals surface area contributed by atoms with Gasteiger partial charge in [0.05, 0.1) is 13.0 Å². The van der Waals surface area contributed by atoms with Gasteiger partial charge in [-0.2, -0.15) is 13.2 Å². The Labute approximate surface area is 139 Å². The van der Waals surface area contributed by atoms with Gasteiger partial charge in [-0.15, -0.1) is 0 Å². The molecule has 1 aliphatic heterocycles. The first-order chi connectivity index (χ1) is 11.4. The zero-order chi connectivity index (χ0) is 17.2. The van der Waals surface area contributed by atoms with Crippen molar-refractivity contribution in [2.75, 3.05) is 25.1 Å². The van der Waals surface area contributed by atoms with Crippen molar-refractivity contribution in [3.8, 4) is 0 Å². The first-order valence-corrected chi connectivity index (χ1v) is 8.22. The fraction of sp³-hybridized carbons (Fsp3) is 0.588. The largest absolute Gasteiger partial charge is 0.393 e. The normalized spacial score (nSPS) is 20.9. The number of hydrogen-bond donors (Lipinski definition) is 1. The molecule has 1 aliphatic carbocycles. The third kappa shape index (κ3) is 4.63. The molecule has 1 unspecified atom stereocenters. The predicted octanol–water partition coefficient (Wildman–Crippen LogP) is 3.82. The number of nitrogens with zero attached hydrogens (tertiary/aromatic N) is 1. The van der Waals surface area contributed by atoms with E-state index in [1.807, 2.05) is 0 Å². The van der Waals surface area contributed by atoms with Crippen LogP contribution in [0, 0.1) is 5.92 Å². The molecule has 1 saturated heterocycles. The van der Waals surface area contributed by atoms with E-state index < -0.39 is 12.6 Å². The number of anilines is 1. The number of hydrogen-bond acceptors (Lipinski definition) is 2. The number of amides is 2. The van der Waals surface area contributed by atoms with Crippen LogP contribution in [0.3, 0.4) is 0 Å². The van der Waals surface area contributed by atoms with Crippen molar-refractivity contribution in [1.29, 1.82) is 0 Å². The monoisotopic (exact) mass is 342 g/mol. The summed E-state index contributed by atoms with van der Waals surface area (Å²) in [5.74, 6) is 0.307. The number of rotatable bonds is 5. The van der Waals surface area contributed by atoms with Crippen molar-refractivity contribution in [1.82, 2.24) is 4.90 Å². The summed E-state index contributed by atoms with van der Waals surface area (Å²) in [6.45, 7) is 1.94. The van der Waals surface area contributed by atoms with E-state index >= 15 is 0 Å². The van der Waals surface area contributed by atoms with Crippen molar-refractivity contribution >= 4 is 11.7 Å². The van der Waals surface area contributed by atoms with Gasteiger partial charge in [0.25, 0.3) is 0 Å². The Morgan fingerprint density at radius 2 is 2.00 bits per heavy atom. The third-order valence-electron chi connectivity index (χ3n) is 4.38. The number of carbonyl (C=O) groups is 1. The van der Waals surface area contributed by atoms with E-state index in [9.17, 15) is 18.0 Å². The second kappa shape index (κ2) is 7.01. The molecule has 0 aromatic heterocycles. The number of para-hydroxylation sites is 1. The Hall–Kier alpha value is -1.76. The van der Waals surface area contributed by atoms with Gasteiger partial charge in [-0.3, -0.25) is 0 Å². The summed E-state index contributed by atoms with van der Waals surface area (Å²) < 4.78 is 43.4. The first-order valence-electron chi connectivity index (χ1n) is 8.22. The van der Waals surface area contributed by atoms with Crippen molar-refractivity contribution in [2.45, 2.75) is 37.9 Å². The van der Waals surface area contributed by atoms with Crippen molar-refractivity contribution < 1.29 is 22.7 Å². The SMILES string of the molecule is O=C(Nc1ccccc1CC(F)(F)F)N(CC1CCOC1)C1CC1. The molecule has 0 bridgehead atoms. The number of alkyl halides is 3. The number of urea groups is 1. The smallest absolute Gasteiger partial charge is 0.381 e. The number of carbonyl (C=O) groups excluding carboxylic acids is 1. The molecular formula is C17H21F3N2O2. The zero-order valence-electron chi connectivity index (χ0n) is 13.3. The summed E-state index contributed by atoms with van der Waals surface area (Å²) in [5, 5.41) is 2.67. The van der Waals surface area contributed by atoms with Crippen LogP contribution < -0.4 is 5.32 Å². The summed E-state index contributed by atoms with van der Waals surface area (Å²) in [6, 6.07) is 5.96. The minimum Gasteiger partial charge on any atom is -0.381 e. The van der Waals surface area contributed by atoms with Crippen LogP contribution in [0.2, 0.25) is 0 Å². The molecule has 7 heteroatoms. The van der Waals surface area contributed by atoms with Crippen LogP contribution in [-0.4, -0.2) is 42.9 Å². The number of benzene rings is 1. The van der Waals surface area contributed by atoms with Gasteiger partial charge in [0.15, 0.2) is 0 Å². The predicted molar refractivity (Wildman–Crippen MR) is 83.9 cm³/mol. The maximum absolute atomic E-state index is 12.7. The number of ether oxygens (including phenoxy) is 1. The third-order valence-corrected chi connectivity index (χ3v) is 4.38. The summed E-state index contributed by atoms with van der Waals surface area (Å²) in [5.41, 5.74) is 0.312. The van der Waals surface area contributed by atoms with Gasteiger partial charge >= 0.3 is 12.2 Å². The number of halogens is 3. The van der Waals surface area contributed by atoms with E-state index in [1.165, 1.54) is 12.1 Å². The van der Waals surface area contributed by atoms with E-state index in [0.29, 0.717) is 25.7 Å². The summed E-state index contributed by atoms with van der Waals surface area (Å²) in [4.78, 5) is 14.3. The summed E-state index contributed by atoms with van der Waals surface area (Å²) in [7, 11) is 0. The maximum Gasteiger partial charge on any atom is 0.393 e. The van der Waals surface area contributed by atoms with Gasteiger partial charge in [-0.1, -0.05) is 18.2 Å². The topological polar surface area (TPSA) is 41.6 Å². The molecule has 0 spiro atoms. The fourth-order valence-electron chi connectivity index (χ4n) is 2.99. The van der Waals surface area contributed by atoms with Crippen molar-refractivity contribution in [2.24, 2.45) is 5.92 Å². The molecule has 0 radical (unpaired) electrons. The van der Waals surface area contributed by atoms with Crippen LogP contribution in [0.4, 0.5) is 23.7 Å². The lowest BCUT2D eigenvalue weighted by Crippen LogP contribution is -2.40. The average Bonchev–Trinajstić information content (AvgIpc) is 3.21. The van der Waals surface area contributed by atoms with Crippen LogP contribution >= 0.6 is 0 Å². The van der Waals surface area contributed by atoms with E-state index in [1.54, 1.807) is 17.0 Å². The number of nitrogens with one attached hydrogen (secondary N) is 1. The molecule has 1 heterocycles. The van der Waals surface area contributed by atoms with Crippen LogP contribution in [-0.2, 0) is 11.2 Å². The molecule has 2 fully saturated rings. The lowest BCUT2D eigenvalue weighted by molar-refractivity contribution is -0.127. The second-order valence-corrected chi connectivity index (χ2v) is 6.49. The van der Waals surface area contributed by atoms with Gasteiger partial charge in [0.2, 0.25) is 0 Å². The van der Waals surface area contributed by atoms with Gasteiger partial charge in [-0.25, -0.2) is 4.79 Å². The maximum atomic E-state index is 12.7. The second-order valence-electron chi connectivity index (χ2n) is 6.49. The van der Waals surface area contributed by atoms with Gasteiger partial charge in [0.1, 0.15) is 0 Å². The Kier molecular flexibility index (Phi) is 4.99. The van der Waals surface area contributed by atoms with E-state index in [4.69, 9.17) is 4.74 Å². The van der Waals surface area contributed by atoms with E-state index in [0.717, 1.165) is 19.3 Å². The highest BCUT2D eigenvalue weighted by atomic mass is 19.4. The molecular weight excluding hydrogens is 321 g/mol. The van der Waals surface area contributed by atoms with Gasteiger partial charge < -0.3 is 15.0 Å². The fourth-order valence-corrected chi connectivity index (χ4v) is 2.99. The van der Waals surface area contributed by atoms with E-state index in [2.05, 4.69) is 5.32 Å². The summed E-state index contributed by atoms with van der Waals surface area (Å²) in [6.07, 6.45) is -2.54. The molecule has 2 amide bonds. The molecule has 1 aromatic rings. The molecule has 132 valence electrons. The first kappa shape index (κ1) is 17.1. The molecule has 1 saturated carbocycles. The van der Waals surface area contributed by atoms with Gasteiger partial charge in [0, 0.05) is 30.8 Å². The lowest BCUT2D eigenvalue weighted by atomic mass is 10.1. The Morgan fingerprint density at radius 1 is 1.25 bits per heavy atom. The average molecular weight is 342 g/mol. The molecule has 1 aromatic carbocycles. The minimum absolute atomic E-state index is 0.0818. The molecule has 2 aliphatic rings. The van der Waals surface area contributed by atoms with Gasteiger partial charge in [-0.05, 0) is 30.9 Å². The molecule has 1 N–H and O–H groups in total. The van der Waals surface area contributed by atoms with E-state index in [-0.39, 0.29) is 23.3 Å².